The number of hydrazone groups is 1. The van der Waals surface area contributed by atoms with E-state index < -0.39 is 17.6 Å². The number of hydrogen-bond acceptors (Lipinski definition) is 5. The van der Waals surface area contributed by atoms with Gasteiger partial charge in [0.15, 0.2) is 6.61 Å². The third kappa shape index (κ3) is 6.99. The number of para-hydroxylation sites is 2. The molecule has 0 saturated heterocycles. The van der Waals surface area contributed by atoms with Gasteiger partial charge in [0.1, 0.15) is 11.6 Å². The molecule has 8 nitrogen and oxygen atoms in total. The van der Waals surface area contributed by atoms with E-state index in [2.05, 4.69) is 21.2 Å². The first-order valence-electron chi connectivity index (χ1n) is 10.5. The minimum Gasteiger partial charge on any atom is -0.483 e. The predicted octanol–water partition coefficient (Wildman–Crippen LogP) is 3.49. The number of hydrogen-bond donors (Lipinski definition) is 3. The summed E-state index contributed by atoms with van der Waals surface area (Å²) in [6, 6.07) is 19.3. The Bertz CT molecular complexity index is 1200. The van der Waals surface area contributed by atoms with Crippen molar-refractivity contribution in [2.45, 2.75) is 13.3 Å². The SMILES string of the molecule is CCc1ccccc1NC(=O)COc1ccccc1/C=N\NC(=O)C(=O)Nc1ccc(F)cc1. The van der Waals surface area contributed by atoms with E-state index in [4.69, 9.17) is 4.74 Å². The van der Waals surface area contributed by atoms with Crippen molar-refractivity contribution in [3.05, 3.63) is 89.7 Å². The molecule has 0 saturated carbocycles. The normalized spacial score (nSPS) is 10.5. The van der Waals surface area contributed by atoms with Gasteiger partial charge in [-0.1, -0.05) is 37.3 Å². The van der Waals surface area contributed by atoms with Crippen molar-refractivity contribution in [2.75, 3.05) is 17.2 Å². The molecule has 0 unspecified atom stereocenters. The van der Waals surface area contributed by atoms with E-state index in [-0.39, 0.29) is 18.2 Å². The van der Waals surface area contributed by atoms with Crippen molar-refractivity contribution in [1.82, 2.24) is 5.43 Å². The van der Waals surface area contributed by atoms with Crippen LogP contribution in [-0.2, 0) is 20.8 Å². The number of carbonyl (C=O) groups is 3. The van der Waals surface area contributed by atoms with E-state index >= 15 is 0 Å². The number of amides is 3. The predicted molar refractivity (Wildman–Crippen MR) is 127 cm³/mol. The maximum atomic E-state index is 12.9. The molecule has 0 bridgehead atoms. The van der Waals surface area contributed by atoms with Crippen LogP contribution >= 0.6 is 0 Å². The number of halogens is 1. The fourth-order valence-corrected chi connectivity index (χ4v) is 2.93. The maximum absolute atomic E-state index is 12.9. The van der Waals surface area contributed by atoms with Gasteiger partial charge in [0.25, 0.3) is 5.91 Å². The number of aryl methyl sites for hydroxylation is 1. The van der Waals surface area contributed by atoms with Crippen LogP contribution in [0.4, 0.5) is 15.8 Å². The molecule has 0 heterocycles. The van der Waals surface area contributed by atoms with Gasteiger partial charge in [-0.05, 0) is 54.4 Å². The molecule has 0 aliphatic rings. The minimum atomic E-state index is -1.01. The fraction of sp³-hybridized carbons (Fsp3) is 0.120. The van der Waals surface area contributed by atoms with Crippen LogP contribution in [-0.4, -0.2) is 30.5 Å². The zero-order valence-electron chi connectivity index (χ0n) is 18.4. The average Bonchev–Trinajstić information content (AvgIpc) is 2.85. The molecule has 0 aliphatic heterocycles. The van der Waals surface area contributed by atoms with Crippen molar-refractivity contribution in [3.63, 3.8) is 0 Å². The van der Waals surface area contributed by atoms with E-state index in [1.807, 2.05) is 31.2 Å². The lowest BCUT2D eigenvalue weighted by molar-refractivity contribution is -0.136. The Morgan fingerprint density at radius 2 is 1.62 bits per heavy atom. The summed E-state index contributed by atoms with van der Waals surface area (Å²) in [5, 5.41) is 8.92. The molecule has 0 atom stereocenters. The molecule has 3 amide bonds. The lowest BCUT2D eigenvalue weighted by atomic mass is 10.1. The molecule has 3 N–H and O–H groups in total. The second-order valence-electron chi connectivity index (χ2n) is 7.05. The molecule has 9 heteroatoms. The van der Waals surface area contributed by atoms with Gasteiger partial charge in [-0.2, -0.15) is 5.10 Å². The van der Waals surface area contributed by atoms with E-state index in [1.54, 1.807) is 24.3 Å². The van der Waals surface area contributed by atoms with Gasteiger partial charge in [0, 0.05) is 16.9 Å². The molecule has 0 fully saturated rings. The van der Waals surface area contributed by atoms with Crippen molar-refractivity contribution >= 4 is 35.3 Å². The molecule has 3 aromatic rings. The fourth-order valence-electron chi connectivity index (χ4n) is 2.93. The number of rotatable bonds is 8. The van der Waals surface area contributed by atoms with Crippen LogP contribution in [0.25, 0.3) is 0 Å². The van der Waals surface area contributed by atoms with Gasteiger partial charge in [-0.3, -0.25) is 14.4 Å². The third-order valence-electron chi connectivity index (χ3n) is 4.63. The molecular formula is C25H23FN4O4. The van der Waals surface area contributed by atoms with E-state index in [9.17, 15) is 18.8 Å². The summed E-state index contributed by atoms with van der Waals surface area (Å²) < 4.78 is 18.5. The molecule has 0 aliphatic carbocycles. The van der Waals surface area contributed by atoms with Crippen molar-refractivity contribution in [3.8, 4) is 5.75 Å². The lowest BCUT2D eigenvalue weighted by Crippen LogP contribution is -2.32. The minimum absolute atomic E-state index is 0.227. The topological polar surface area (TPSA) is 109 Å². The summed E-state index contributed by atoms with van der Waals surface area (Å²) in [5.41, 5.74) is 4.61. The summed E-state index contributed by atoms with van der Waals surface area (Å²) in [7, 11) is 0. The van der Waals surface area contributed by atoms with E-state index in [0.29, 0.717) is 11.3 Å². The largest absolute Gasteiger partial charge is 0.483 e. The van der Waals surface area contributed by atoms with Crippen LogP contribution < -0.4 is 20.8 Å². The number of nitrogens with one attached hydrogen (secondary N) is 3. The number of nitrogens with zero attached hydrogens (tertiary/aromatic N) is 1. The standard InChI is InChI=1S/C25H23FN4O4/c1-2-17-7-3-5-9-21(17)29-23(31)16-34-22-10-6-4-8-18(22)15-27-30-25(33)24(32)28-20-13-11-19(26)12-14-20/h3-15H,2,16H2,1H3,(H,28,32)(H,29,31)(H,30,33)/b27-15-. The molecule has 0 radical (unpaired) electrons. The number of ether oxygens (including phenoxy) is 1. The lowest BCUT2D eigenvalue weighted by Gasteiger charge is -2.11. The molecular weight excluding hydrogens is 439 g/mol. The molecule has 0 spiro atoms. The van der Waals surface area contributed by atoms with Crippen LogP contribution in [0.2, 0.25) is 0 Å². The van der Waals surface area contributed by atoms with Crippen LogP contribution in [0.15, 0.2) is 77.9 Å². The summed E-state index contributed by atoms with van der Waals surface area (Å²) in [6.45, 7) is 1.78. The first-order valence-corrected chi connectivity index (χ1v) is 10.5. The zero-order chi connectivity index (χ0) is 24.3. The zero-order valence-corrected chi connectivity index (χ0v) is 18.4. The third-order valence-corrected chi connectivity index (χ3v) is 4.63. The quantitative estimate of drug-likeness (QED) is 0.270. The second-order valence-corrected chi connectivity index (χ2v) is 7.05. The smallest absolute Gasteiger partial charge is 0.329 e. The van der Waals surface area contributed by atoms with Gasteiger partial charge < -0.3 is 15.4 Å². The Hall–Kier alpha value is -4.53. The first-order chi connectivity index (χ1) is 16.5. The Balaban J connectivity index is 1.54. The summed E-state index contributed by atoms with van der Waals surface area (Å²) in [5.74, 6) is -2.38. The van der Waals surface area contributed by atoms with Crippen molar-refractivity contribution < 1.29 is 23.5 Å². The number of anilines is 2. The first kappa shape index (κ1) is 24.1. The summed E-state index contributed by atoms with van der Waals surface area (Å²) in [4.78, 5) is 36.2. The molecule has 174 valence electrons. The highest BCUT2D eigenvalue weighted by molar-refractivity contribution is 6.39. The van der Waals surface area contributed by atoms with Crippen LogP contribution in [0, 0.1) is 5.82 Å². The maximum Gasteiger partial charge on any atom is 0.329 e. The Labute approximate surface area is 195 Å². The van der Waals surface area contributed by atoms with Gasteiger partial charge in [-0.15, -0.1) is 0 Å². The monoisotopic (exact) mass is 462 g/mol. The van der Waals surface area contributed by atoms with Crippen LogP contribution in [0.5, 0.6) is 5.75 Å². The average molecular weight is 462 g/mol. The van der Waals surface area contributed by atoms with Gasteiger partial charge >= 0.3 is 11.8 Å². The van der Waals surface area contributed by atoms with Gasteiger partial charge in [0.2, 0.25) is 0 Å². The van der Waals surface area contributed by atoms with Gasteiger partial charge in [-0.25, -0.2) is 9.82 Å². The highest BCUT2D eigenvalue weighted by atomic mass is 19.1. The van der Waals surface area contributed by atoms with Crippen molar-refractivity contribution in [1.29, 1.82) is 0 Å². The summed E-state index contributed by atoms with van der Waals surface area (Å²) >= 11 is 0. The molecule has 3 rings (SSSR count). The van der Waals surface area contributed by atoms with Crippen LogP contribution in [0.3, 0.4) is 0 Å². The number of benzene rings is 3. The van der Waals surface area contributed by atoms with Crippen molar-refractivity contribution in [2.24, 2.45) is 5.10 Å². The van der Waals surface area contributed by atoms with Crippen LogP contribution in [0.1, 0.15) is 18.1 Å². The Morgan fingerprint density at radius 3 is 2.38 bits per heavy atom. The van der Waals surface area contributed by atoms with E-state index in [0.717, 1.165) is 29.8 Å². The number of carbonyl (C=O) groups excluding carboxylic acids is 3. The molecule has 3 aromatic carbocycles. The Kier molecular flexibility index (Phi) is 8.45. The van der Waals surface area contributed by atoms with E-state index in [1.165, 1.54) is 18.3 Å². The molecule has 34 heavy (non-hydrogen) atoms. The summed E-state index contributed by atoms with van der Waals surface area (Å²) in [6.07, 6.45) is 2.08. The molecule has 0 aromatic heterocycles. The second kappa shape index (κ2) is 11.9. The highest BCUT2D eigenvalue weighted by Crippen LogP contribution is 2.17. The Morgan fingerprint density at radius 1 is 0.912 bits per heavy atom. The highest BCUT2D eigenvalue weighted by Gasteiger charge is 2.13. The van der Waals surface area contributed by atoms with Gasteiger partial charge in [0.05, 0.1) is 6.21 Å².